The van der Waals surface area contributed by atoms with E-state index in [0.717, 1.165) is 17.5 Å². The molecule has 2 nitrogen and oxygen atoms in total. The normalized spacial score (nSPS) is 12.2. The number of benzene rings is 2. The summed E-state index contributed by atoms with van der Waals surface area (Å²) >= 11 is 3.19. The highest BCUT2D eigenvalue weighted by Gasteiger charge is 2.17. The van der Waals surface area contributed by atoms with Gasteiger partial charge in [0.15, 0.2) is 0 Å². The lowest BCUT2D eigenvalue weighted by atomic mass is 9.97. The lowest BCUT2D eigenvalue weighted by molar-refractivity contribution is 0.404. The van der Waals surface area contributed by atoms with Gasteiger partial charge in [-0.2, -0.15) is 0 Å². The fraction of sp³-hybridized carbons (Fsp3) is 0.250. The van der Waals surface area contributed by atoms with E-state index >= 15 is 0 Å². The molecular formula is C16H17BrFNO. The maximum Gasteiger partial charge on any atom is 0.141 e. The number of methoxy groups -OCH3 is 1. The van der Waals surface area contributed by atoms with Crippen molar-refractivity contribution >= 4 is 15.9 Å². The molecule has 0 aliphatic carbocycles. The van der Waals surface area contributed by atoms with E-state index in [2.05, 4.69) is 35.0 Å². The van der Waals surface area contributed by atoms with Crippen LogP contribution < -0.4 is 10.5 Å². The molecule has 0 saturated carbocycles. The van der Waals surface area contributed by atoms with Gasteiger partial charge in [-0.3, -0.25) is 0 Å². The van der Waals surface area contributed by atoms with E-state index in [-0.39, 0.29) is 11.9 Å². The van der Waals surface area contributed by atoms with Crippen LogP contribution in [0.3, 0.4) is 0 Å². The Morgan fingerprint density at radius 1 is 1.25 bits per heavy atom. The van der Waals surface area contributed by atoms with Crippen molar-refractivity contribution in [3.63, 3.8) is 0 Å². The number of ether oxygens (including phenoxy) is 1. The largest absolute Gasteiger partial charge is 0.496 e. The molecule has 2 aromatic rings. The number of hydrogen-bond acceptors (Lipinski definition) is 2. The molecule has 0 aromatic heterocycles. The molecule has 2 rings (SSSR count). The predicted octanol–water partition coefficient (Wildman–Crippen LogP) is 4.21. The Morgan fingerprint density at radius 2 is 1.90 bits per heavy atom. The van der Waals surface area contributed by atoms with E-state index in [1.807, 2.05) is 12.1 Å². The summed E-state index contributed by atoms with van der Waals surface area (Å²) < 4.78 is 19.2. The van der Waals surface area contributed by atoms with Gasteiger partial charge in [-0.15, -0.1) is 0 Å². The Hall–Kier alpha value is -1.39. The first kappa shape index (κ1) is 15.0. The minimum atomic E-state index is -0.362. The summed E-state index contributed by atoms with van der Waals surface area (Å²) in [5.74, 6) is 0.0944. The van der Waals surface area contributed by atoms with Gasteiger partial charge in [0.1, 0.15) is 11.6 Å². The summed E-state index contributed by atoms with van der Waals surface area (Å²) in [5.41, 5.74) is 9.26. The smallest absolute Gasteiger partial charge is 0.141 e. The van der Waals surface area contributed by atoms with Gasteiger partial charge in [-0.25, -0.2) is 4.39 Å². The van der Waals surface area contributed by atoms with Crippen LogP contribution >= 0.6 is 15.9 Å². The van der Waals surface area contributed by atoms with Crippen molar-refractivity contribution in [2.45, 2.75) is 19.4 Å². The number of halogens is 2. The molecule has 0 heterocycles. The quantitative estimate of drug-likeness (QED) is 0.906. The van der Waals surface area contributed by atoms with Crippen LogP contribution in [-0.2, 0) is 6.42 Å². The molecule has 0 radical (unpaired) electrons. The molecule has 1 unspecified atom stereocenters. The van der Waals surface area contributed by atoms with Gasteiger partial charge in [0.2, 0.25) is 0 Å². The monoisotopic (exact) mass is 337 g/mol. The zero-order chi connectivity index (χ0) is 14.7. The Balaban J connectivity index is 2.41. The first-order chi connectivity index (χ1) is 9.56. The van der Waals surface area contributed by atoms with Gasteiger partial charge in [0.05, 0.1) is 17.6 Å². The molecule has 1 atom stereocenters. The van der Waals surface area contributed by atoms with Gasteiger partial charge in [-0.05, 0) is 39.5 Å². The number of hydrogen-bond donors (Lipinski definition) is 1. The summed E-state index contributed by atoms with van der Waals surface area (Å²) in [6.07, 6.45) is 0.987. The Morgan fingerprint density at radius 3 is 2.45 bits per heavy atom. The lowest BCUT2D eigenvalue weighted by Gasteiger charge is -2.17. The number of aryl methyl sites for hydroxylation is 1. The minimum Gasteiger partial charge on any atom is -0.496 e. The summed E-state index contributed by atoms with van der Waals surface area (Å²) in [6.45, 7) is 2.11. The summed E-state index contributed by atoms with van der Waals surface area (Å²) in [7, 11) is 1.51. The van der Waals surface area contributed by atoms with Crippen molar-refractivity contribution in [3.05, 3.63) is 63.4 Å². The van der Waals surface area contributed by atoms with E-state index in [1.165, 1.54) is 18.7 Å². The van der Waals surface area contributed by atoms with Crippen LogP contribution in [0.15, 0.2) is 40.9 Å². The fourth-order valence-electron chi connectivity index (χ4n) is 2.10. The Labute approximate surface area is 126 Å². The van der Waals surface area contributed by atoms with Crippen molar-refractivity contribution in [3.8, 4) is 5.75 Å². The molecule has 0 spiro atoms. The number of rotatable bonds is 4. The predicted molar refractivity (Wildman–Crippen MR) is 82.5 cm³/mol. The average Bonchev–Trinajstić information content (AvgIpc) is 2.49. The second kappa shape index (κ2) is 6.37. The van der Waals surface area contributed by atoms with Crippen molar-refractivity contribution in [2.24, 2.45) is 5.73 Å². The maximum atomic E-state index is 13.5. The first-order valence-electron chi connectivity index (χ1n) is 6.44. The standard InChI is InChI=1S/C16H17BrFNO/c1-3-10-4-6-11(7-5-10)16(19)12-8-13(17)14(18)9-15(12)20-2/h4-9,16H,3,19H2,1-2H3. The van der Waals surface area contributed by atoms with Crippen molar-refractivity contribution in [2.75, 3.05) is 7.11 Å². The third kappa shape index (κ3) is 3.02. The lowest BCUT2D eigenvalue weighted by Crippen LogP contribution is -2.13. The van der Waals surface area contributed by atoms with Crippen LogP contribution in [0.5, 0.6) is 5.75 Å². The van der Waals surface area contributed by atoms with E-state index < -0.39 is 0 Å². The fourth-order valence-corrected chi connectivity index (χ4v) is 2.47. The van der Waals surface area contributed by atoms with Crippen LogP contribution in [0.4, 0.5) is 4.39 Å². The van der Waals surface area contributed by atoms with E-state index in [1.54, 1.807) is 6.07 Å². The molecule has 106 valence electrons. The molecule has 4 heteroatoms. The van der Waals surface area contributed by atoms with Crippen LogP contribution in [0.25, 0.3) is 0 Å². The van der Waals surface area contributed by atoms with Crippen molar-refractivity contribution < 1.29 is 9.13 Å². The topological polar surface area (TPSA) is 35.2 Å². The molecule has 0 saturated heterocycles. The number of nitrogens with two attached hydrogens (primary N) is 1. The molecule has 0 fully saturated rings. The van der Waals surface area contributed by atoms with Crippen molar-refractivity contribution in [1.29, 1.82) is 0 Å². The molecule has 0 aliphatic heterocycles. The van der Waals surface area contributed by atoms with Crippen LogP contribution in [0, 0.1) is 5.82 Å². The molecule has 0 bridgehead atoms. The third-order valence-corrected chi connectivity index (χ3v) is 3.96. The molecule has 0 aliphatic rings. The zero-order valence-corrected chi connectivity index (χ0v) is 13.1. The van der Waals surface area contributed by atoms with E-state index in [0.29, 0.717) is 10.2 Å². The third-order valence-electron chi connectivity index (χ3n) is 3.35. The molecule has 20 heavy (non-hydrogen) atoms. The molecule has 0 amide bonds. The van der Waals surface area contributed by atoms with Crippen LogP contribution in [-0.4, -0.2) is 7.11 Å². The highest BCUT2D eigenvalue weighted by Crippen LogP contribution is 2.32. The van der Waals surface area contributed by atoms with Crippen molar-refractivity contribution in [1.82, 2.24) is 0 Å². The molecule has 2 N–H and O–H groups in total. The zero-order valence-electron chi connectivity index (χ0n) is 11.5. The SMILES string of the molecule is CCc1ccc(C(N)c2cc(Br)c(F)cc2OC)cc1. The van der Waals surface area contributed by atoms with Gasteiger partial charge < -0.3 is 10.5 Å². The summed E-state index contributed by atoms with van der Waals surface area (Å²) in [6, 6.07) is 10.8. The Kier molecular flexibility index (Phi) is 4.78. The second-order valence-electron chi connectivity index (χ2n) is 4.58. The summed E-state index contributed by atoms with van der Waals surface area (Å²) in [4.78, 5) is 0. The van der Waals surface area contributed by atoms with Crippen LogP contribution in [0.1, 0.15) is 29.7 Å². The van der Waals surface area contributed by atoms with Gasteiger partial charge in [0, 0.05) is 11.6 Å². The first-order valence-corrected chi connectivity index (χ1v) is 7.23. The minimum absolute atomic E-state index is 0.354. The highest BCUT2D eigenvalue weighted by atomic mass is 79.9. The van der Waals surface area contributed by atoms with E-state index in [9.17, 15) is 4.39 Å². The van der Waals surface area contributed by atoms with Crippen LogP contribution in [0.2, 0.25) is 0 Å². The Bertz CT molecular complexity index is 598. The van der Waals surface area contributed by atoms with Gasteiger partial charge in [0.25, 0.3) is 0 Å². The second-order valence-corrected chi connectivity index (χ2v) is 5.44. The molecule has 2 aromatic carbocycles. The maximum absolute atomic E-state index is 13.5. The molecular weight excluding hydrogens is 321 g/mol. The van der Waals surface area contributed by atoms with Gasteiger partial charge in [-0.1, -0.05) is 31.2 Å². The summed E-state index contributed by atoms with van der Waals surface area (Å²) in [5, 5.41) is 0. The van der Waals surface area contributed by atoms with Gasteiger partial charge >= 0.3 is 0 Å². The highest BCUT2D eigenvalue weighted by molar-refractivity contribution is 9.10. The van der Waals surface area contributed by atoms with E-state index in [4.69, 9.17) is 10.5 Å². The average molecular weight is 338 g/mol.